The third-order valence-electron chi connectivity index (χ3n) is 4.20. The molecule has 0 atom stereocenters. The summed E-state index contributed by atoms with van der Waals surface area (Å²) < 4.78 is 44.8. The molecule has 0 unspecified atom stereocenters. The van der Waals surface area contributed by atoms with E-state index in [1.807, 2.05) is 18.2 Å². The number of hydrogen-bond acceptors (Lipinski definition) is 4. The smallest absolute Gasteiger partial charge is 0.349 e. The van der Waals surface area contributed by atoms with Gasteiger partial charge in [-0.05, 0) is 24.3 Å². The lowest BCUT2D eigenvalue weighted by molar-refractivity contribution is 0.133. The van der Waals surface area contributed by atoms with E-state index in [1.165, 1.54) is 18.2 Å². The first-order chi connectivity index (χ1) is 13.3. The molecule has 0 aliphatic carbocycles. The highest BCUT2D eigenvalue weighted by Crippen LogP contribution is 2.37. The minimum Gasteiger partial charge on any atom is -0.375 e. The molecule has 0 fully saturated rings. The minimum absolute atomic E-state index is 0.0222. The Morgan fingerprint density at radius 1 is 1.32 bits per heavy atom. The summed E-state index contributed by atoms with van der Waals surface area (Å²) in [7, 11) is 0. The van der Waals surface area contributed by atoms with Crippen molar-refractivity contribution in [1.29, 1.82) is 0 Å². The molecule has 0 N–H and O–H groups in total. The van der Waals surface area contributed by atoms with E-state index >= 15 is 0 Å². The van der Waals surface area contributed by atoms with E-state index in [2.05, 4.69) is 20.9 Å². The lowest BCUT2D eigenvalue weighted by Crippen LogP contribution is -2.28. The molecular formula is C18H15BrFN3O2. The van der Waals surface area contributed by atoms with Gasteiger partial charge in [0.15, 0.2) is 5.82 Å². The molecule has 2 aromatic carbocycles. The zero-order valence-electron chi connectivity index (χ0n) is 16.0. The third-order valence-corrected chi connectivity index (χ3v) is 4.94. The van der Waals surface area contributed by atoms with Crippen molar-refractivity contribution in [3.8, 4) is 0 Å². The van der Waals surface area contributed by atoms with E-state index in [0.29, 0.717) is 24.3 Å². The summed E-state index contributed by atoms with van der Waals surface area (Å²) in [5, 5.41) is -0.0222. The van der Waals surface area contributed by atoms with Crippen molar-refractivity contribution in [2.24, 2.45) is 6.98 Å². The minimum atomic E-state index is -2.78. The number of nitrogens with zero attached hydrogens (tertiary/aromatic N) is 3. The van der Waals surface area contributed by atoms with Crippen LogP contribution in [0, 0.1) is 5.82 Å². The number of anilines is 2. The maximum Gasteiger partial charge on any atom is 0.349 e. The Kier molecular flexibility index (Phi) is 3.25. The molecule has 0 saturated carbocycles. The fourth-order valence-corrected chi connectivity index (χ4v) is 3.50. The topological polar surface area (TPSA) is 47.4 Å². The zero-order chi connectivity index (χ0) is 20.1. The highest BCUT2D eigenvalue weighted by Gasteiger charge is 2.24. The molecule has 3 aromatic rings. The Morgan fingerprint density at radius 2 is 2.16 bits per heavy atom. The Hall–Kier alpha value is -2.25. The Labute approximate surface area is 156 Å². The summed E-state index contributed by atoms with van der Waals surface area (Å²) in [5.41, 5.74) is 0.563. The van der Waals surface area contributed by atoms with E-state index in [4.69, 9.17) is 8.85 Å². The second kappa shape index (κ2) is 6.24. The van der Waals surface area contributed by atoms with E-state index in [-0.39, 0.29) is 16.7 Å². The molecule has 0 amide bonds. The van der Waals surface area contributed by atoms with Crippen LogP contribution in [-0.4, -0.2) is 22.7 Å². The summed E-state index contributed by atoms with van der Waals surface area (Å²) in [6.45, 7) is -1.77. The van der Waals surface area contributed by atoms with Gasteiger partial charge < -0.3 is 9.64 Å². The Bertz CT molecular complexity index is 1130. The molecule has 0 saturated heterocycles. The van der Waals surface area contributed by atoms with Crippen LogP contribution in [0.2, 0.25) is 0 Å². The largest absolute Gasteiger partial charge is 0.375 e. The summed E-state index contributed by atoms with van der Waals surface area (Å²) in [6.07, 6.45) is 0. The van der Waals surface area contributed by atoms with Crippen LogP contribution in [0.25, 0.3) is 10.9 Å². The molecule has 128 valence electrons. The highest BCUT2D eigenvalue weighted by atomic mass is 79.9. The maximum atomic E-state index is 14.9. The van der Waals surface area contributed by atoms with Crippen LogP contribution in [0.3, 0.4) is 0 Å². The van der Waals surface area contributed by atoms with Crippen LogP contribution in [0.1, 0.15) is 9.68 Å². The standard InChI is InChI=1S/C18H15BrFN3O2/c1-22-15-7-3-5-13(20)16(15)17(21-18(22)24)23-8-9-25-10-11-12(19)4-2-6-14(11)23/h2-7H,8-10H2,1H3/i1D3. The molecule has 25 heavy (non-hydrogen) atoms. The van der Waals surface area contributed by atoms with E-state index in [1.54, 1.807) is 4.90 Å². The molecule has 4 rings (SSSR count). The predicted molar refractivity (Wildman–Crippen MR) is 97.7 cm³/mol. The SMILES string of the molecule is [2H]C([2H])([2H])n1c(=O)nc(N2CCOCc3c(Br)cccc32)c2c(F)cccc21. The van der Waals surface area contributed by atoms with Crippen LogP contribution < -0.4 is 10.6 Å². The molecule has 0 spiro atoms. The van der Waals surface area contributed by atoms with E-state index < -0.39 is 18.5 Å². The molecule has 2 heterocycles. The molecule has 1 aromatic heterocycles. The molecule has 0 radical (unpaired) electrons. The van der Waals surface area contributed by atoms with Crippen LogP contribution in [0.5, 0.6) is 0 Å². The van der Waals surface area contributed by atoms with Crippen LogP contribution in [0.15, 0.2) is 45.7 Å². The lowest BCUT2D eigenvalue weighted by atomic mass is 10.1. The maximum absolute atomic E-state index is 14.9. The summed E-state index contributed by atoms with van der Waals surface area (Å²) in [4.78, 5) is 18.3. The van der Waals surface area contributed by atoms with Gasteiger partial charge >= 0.3 is 5.69 Å². The van der Waals surface area contributed by atoms with Gasteiger partial charge in [0.05, 0.1) is 24.1 Å². The summed E-state index contributed by atoms with van der Waals surface area (Å²) >= 11 is 3.49. The van der Waals surface area contributed by atoms with Crippen molar-refractivity contribution in [1.82, 2.24) is 9.55 Å². The number of aromatic nitrogens is 2. The normalized spacial score (nSPS) is 16.7. The number of fused-ring (bicyclic) bond motifs is 2. The Balaban J connectivity index is 2.07. The van der Waals surface area contributed by atoms with Gasteiger partial charge in [-0.15, -0.1) is 0 Å². The Morgan fingerprint density at radius 3 is 3.00 bits per heavy atom. The molecule has 5 nitrogen and oxygen atoms in total. The second-order valence-electron chi connectivity index (χ2n) is 5.63. The molecule has 1 aliphatic heterocycles. The molecule has 1 aliphatic rings. The van der Waals surface area contributed by atoms with Crippen molar-refractivity contribution in [3.63, 3.8) is 0 Å². The van der Waals surface area contributed by atoms with Gasteiger partial charge in [0, 0.05) is 33.4 Å². The first-order valence-electron chi connectivity index (χ1n) is 9.13. The first-order valence-corrected chi connectivity index (χ1v) is 8.43. The number of ether oxygens (including phenoxy) is 1. The number of halogens is 2. The van der Waals surface area contributed by atoms with Gasteiger partial charge in [0.25, 0.3) is 0 Å². The van der Waals surface area contributed by atoms with Gasteiger partial charge in [0.1, 0.15) is 5.82 Å². The average Bonchev–Trinajstić information content (AvgIpc) is 2.83. The summed E-state index contributed by atoms with van der Waals surface area (Å²) in [5.74, 6) is -0.580. The molecule has 7 heteroatoms. The monoisotopic (exact) mass is 406 g/mol. The van der Waals surface area contributed by atoms with Gasteiger partial charge in [0.2, 0.25) is 0 Å². The quantitative estimate of drug-likeness (QED) is 0.620. The van der Waals surface area contributed by atoms with Gasteiger partial charge in [-0.25, -0.2) is 9.18 Å². The number of rotatable bonds is 1. The second-order valence-corrected chi connectivity index (χ2v) is 6.48. The summed E-state index contributed by atoms with van der Waals surface area (Å²) in [6, 6.07) is 9.52. The number of hydrogen-bond donors (Lipinski definition) is 0. The van der Waals surface area contributed by atoms with Crippen LogP contribution in [0.4, 0.5) is 15.9 Å². The fourth-order valence-electron chi connectivity index (χ4n) is 3.03. The third kappa shape index (κ3) is 2.63. The van der Waals surface area contributed by atoms with Crippen molar-refractivity contribution in [3.05, 3.63) is 62.7 Å². The van der Waals surface area contributed by atoms with E-state index in [9.17, 15) is 9.18 Å². The molecular weight excluding hydrogens is 389 g/mol. The number of benzene rings is 2. The lowest BCUT2D eigenvalue weighted by Gasteiger charge is -2.25. The molecule has 0 bridgehead atoms. The fraction of sp³-hybridized carbons (Fsp3) is 0.222. The van der Waals surface area contributed by atoms with Gasteiger partial charge in [-0.2, -0.15) is 4.98 Å². The van der Waals surface area contributed by atoms with E-state index in [0.717, 1.165) is 15.7 Å². The van der Waals surface area contributed by atoms with Crippen LogP contribution in [-0.2, 0) is 18.3 Å². The zero-order valence-corrected chi connectivity index (χ0v) is 14.6. The first kappa shape index (κ1) is 13.0. The van der Waals surface area contributed by atoms with Gasteiger partial charge in [-0.3, -0.25) is 4.57 Å². The van der Waals surface area contributed by atoms with Crippen molar-refractivity contribution in [2.45, 2.75) is 6.61 Å². The number of aryl methyl sites for hydroxylation is 1. The van der Waals surface area contributed by atoms with Crippen molar-refractivity contribution < 1.29 is 13.2 Å². The highest BCUT2D eigenvalue weighted by molar-refractivity contribution is 9.10. The average molecular weight is 407 g/mol. The van der Waals surface area contributed by atoms with Crippen LogP contribution >= 0.6 is 15.9 Å². The predicted octanol–water partition coefficient (Wildman–Crippen LogP) is 3.50. The van der Waals surface area contributed by atoms with Crippen molar-refractivity contribution in [2.75, 3.05) is 18.1 Å². The van der Waals surface area contributed by atoms with Gasteiger partial charge in [-0.1, -0.05) is 28.1 Å². The van der Waals surface area contributed by atoms with Crippen molar-refractivity contribution >= 4 is 38.3 Å².